The summed E-state index contributed by atoms with van der Waals surface area (Å²) >= 11 is 1.43. The molecule has 1 saturated heterocycles. The van der Waals surface area contributed by atoms with E-state index in [-0.39, 0.29) is 18.4 Å². The van der Waals surface area contributed by atoms with E-state index in [2.05, 4.69) is 19.2 Å². The minimum absolute atomic E-state index is 0.0146. The Labute approximate surface area is 140 Å². The number of hydrogen-bond acceptors (Lipinski definition) is 6. The lowest BCUT2D eigenvalue weighted by molar-refractivity contribution is -0.133. The van der Waals surface area contributed by atoms with Crippen molar-refractivity contribution in [3.8, 4) is 0 Å². The van der Waals surface area contributed by atoms with E-state index >= 15 is 0 Å². The van der Waals surface area contributed by atoms with E-state index in [0.29, 0.717) is 42.8 Å². The summed E-state index contributed by atoms with van der Waals surface area (Å²) in [5, 5.41) is 3.10. The van der Waals surface area contributed by atoms with Crippen molar-refractivity contribution in [1.29, 1.82) is 0 Å². The SMILES string of the molecule is COC(=O)c1sc(CC(C)C)cc1NCC(=O)N1CCOCC1. The molecule has 0 unspecified atom stereocenters. The van der Waals surface area contributed by atoms with Gasteiger partial charge in [-0.2, -0.15) is 0 Å². The Morgan fingerprint density at radius 1 is 1.39 bits per heavy atom. The van der Waals surface area contributed by atoms with Crippen LogP contribution >= 0.6 is 11.3 Å². The first-order valence-corrected chi connectivity index (χ1v) is 8.63. The number of rotatable bonds is 6. The Kier molecular flexibility index (Phi) is 6.41. The highest BCUT2D eigenvalue weighted by Crippen LogP contribution is 2.29. The highest BCUT2D eigenvalue weighted by Gasteiger charge is 2.20. The van der Waals surface area contributed by atoms with Crippen LogP contribution in [-0.2, 0) is 20.7 Å². The fraction of sp³-hybridized carbons (Fsp3) is 0.625. The normalized spacial score (nSPS) is 14.9. The maximum atomic E-state index is 12.2. The standard InChI is InChI=1S/C16H24N2O4S/c1-11(2)8-12-9-13(15(23-12)16(20)21-3)17-10-14(19)18-4-6-22-7-5-18/h9,11,17H,4-8,10H2,1-3H3. The van der Waals surface area contributed by atoms with Gasteiger partial charge in [-0.05, 0) is 18.4 Å². The van der Waals surface area contributed by atoms with Gasteiger partial charge >= 0.3 is 5.97 Å². The predicted molar refractivity (Wildman–Crippen MR) is 90.1 cm³/mol. The third-order valence-electron chi connectivity index (χ3n) is 3.56. The molecule has 128 valence electrons. The molecule has 2 heterocycles. The number of hydrogen-bond donors (Lipinski definition) is 1. The second-order valence-electron chi connectivity index (χ2n) is 5.89. The third kappa shape index (κ3) is 4.94. The van der Waals surface area contributed by atoms with E-state index in [4.69, 9.17) is 9.47 Å². The minimum atomic E-state index is -0.369. The van der Waals surface area contributed by atoms with Crippen LogP contribution in [0.2, 0.25) is 0 Å². The van der Waals surface area contributed by atoms with Crippen LogP contribution in [0.25, 0.3) is 0 Å². The summed E-state index contributed by atoms with van der Waals surface area (Å²) in [5.74, 6) is 0.147. The molecule has 0 aromatic carbocycles. The molecule has 0 bridgehead atoms. The zero-order chi connectivity index (χ0) is 16.8. The first-order chi connectivity index (χ1) is 11.0. The van der Waals surface area contributed by atoms with Crippen molar-refractivity contribution in [2.75, 3.05) is 45.3 Å². The summed E-state index contributed by atoms with van der Waals surface area (Å²) in [5.41, 5.74) is 0.680. The van der Waals surface area contributed by atoms with Crippen molar-refractivity contribution in [2.24, 2.45) is 5.92 Å². The number of amides is 1. The van der Waals surface area contributed by atoms with Crippen LogP contribution in [0.15, 0.2) is 6.07 Å². The highest BCUT2D eigenvalue weighted by atomic mass is 32.1. The van der Waals surface area contributed by atoms with E-state index in [1.54, 1.807) is 4.90 Å². The van der Waals surface area contributed by atoms with Crippen LogP contribution in [0.4, 0.5) is 5.69 Å². The van der Waals surface area contributed by atoms with E-state index in [9.17, 15) is 9.59 Å². The third-order valence-corrected chi connectivity index (χ3v) is 4.69. The lowest BCUT2D eigenvalue weighted by atomic mass is 10.1. The number of nitrogens with one attached hydrogen (secondary N) is 1. The van der Waals surface area contributed by atoms with Crippen LogP contribution in [0.3, 0.4) is 0 Å². The Balaban J connectivity index is 2.03. The van der Waals surface area contributed by atoms with Gasteiger partial charge in [0.15, 0.2) is 0 Å². The molecule has 0 atom stereocenters. The zero-order valence-corrected chi connectivity index (χ0v) is 14.7. The molecule has 2 rings (SSSR count). The summed E-state index contributed by atoms with van der Waals surface area (Å²) in [7, 11) is 1.37. The van der Waals surface area contributed by atoms with E-state index in [0.717, 1.165) is 11.3 Å². The Bertz CT molecular complexity index is 550. The molecule has 23 heavy (non-hydrogen) atoms. The summed E-state index contributed by atoms with van der Waals surface area (Å²) in [6.45, 7) is 6.83. The number of anilines is 1. The largest absolute Gasteiger partial charge is 0.465 e. The van der Waals surface area contributed by atoms with Crippen LogP contribution in [0.1, 0.15) is 28.4 Å². The summed E-state index contributed by atoms with van der Waals surface area (Å²) in [4.78, 5) is 27.5. The minimum Gasteiger partial charge on any atom is -0.465 e. The van der Waals surface area contributed by atoms with Crippen LogP contribution < -0.4 is 5.32 Å². The Morgan fingerprint density at radius 2 is 2.09 bits per heavy atom. The van der Waals surface area contributed by atoms with Gasteiger partial charge < -0.3 is 19.7 Å². The van der Waals surface area contributed by atoms with Crippen LogP contribution in [-0.4, -0.2) is 56.7 Å². The van der Waals surface area contributed by atoms with Crippen molar-refractivity contribution in [1.82, 2.24) is 4.90 Å². The number of carbonyl (C=O) groups is 2. The molecule has 1 aliphatic heterocycles. The topological polar surface area (TPSA) is 67.9 Å². The number of morpholine rings is 1. The van der Waals surface area contributed by atoms with Crippen LogP contribution in [0, 0.1) is 5.92 Å². The van der Waals surface area contributed by atoms with Crippen molar-refractivity contribution in [3.63, 3.8) is 0 Å². The lowest BCUT2D eigenvalue weighted by Gasteiger charge is -2.27. The molecule has 0 saturated carbocycles. The number of esters is 1. The van der Waals surface area contributed by atoms with E-state index in [1.807, 2.05) is 6.07 Å². The van der Waals surface area contributed by atoms with Gasteiger partial charge in [-0.1, -0.05) is 13.8 Å². The molecule has 0 aliphatic carbocycles. The first-order valence-electron chi connectivity index (χ1n) is 7.81. The second kappa shape index (κ2) is 8.31. The molecule has 1 N–H and O–H groups in total. The molecule has 0 radical (unpaired) electrons. The molecular formula is C16H24N2O4S. The maximum Gasteiger partial charge on any atom is 0.350 e. The number of nitrogens with zero attached hydrogens (tertiary/aromatic N) is 1. The smallest absolute Gasteiger partial charge is 0.350 e. The quantitative estimate of drug-likeness (QED) is 0.802. The predicted octanol–water partition coefficient (Wildman–Crippen LogP) is 2.00. The van der Waals surface area contributed by atoms with Gasteiger partial charge in [0.05, 0.1) is 32.6 Å². The molecule has 1 aromatic rings. The molecule has 1 amide bonds. The average Bonchev–Trinajstić information content (AvgIpc) is 2.94. The molecule has 1 aliphatic rings. The van der Waals surface area contributed by atoms with Gasteiger partial charge in [-0.25, -0.2) is 4.79 Å². The van der Waals surface area contributed by atoms with Gasteiger partial charge in [0.25, 0.3) is 0 Å². The van der Waals surface area contributed by atoms with Crippen molar-refractivity contribution in [3.05, 3.63) is 15.8 Å². The fourth-order valence-corrected chi connectivity index (χ4v) is 3.68. The number of ether oxygens (including phenoxy) is 2. The molecule has 0 spiro atoms. The fourth-order valence-electron chi connectivity index (χ4n) is 2.42. The molecule has 1 aromatic heterocycles. The van der Waals surface area contributed by atoms with Crippen molar-refractivity contribution < 1.29 is 19.1 Å². The number of methoxy groups -OCH3 is 1. The van der Waals surface area contributed by atoms with Crippen molar-refractivity contribution >= 4 is 28.9 Å². The van der Waals surface area contributed by atoms with Gasteiger partial charge in [0.1, 0.15) is 4.88 Å². The monoisotopic (exact) mass is 340 g/mol. The summed E-state index contributed by atoms with van der Waals surface area (Å²) < 4.78 is 10.1. The summed E-state index contributed by atoms with van der Waals surface area (Å²) in [6.07, 6.45) is 0.897. The zero-order valence-electron chi connectivity index (χ0n) is 13.9. The second-order valence-corrected chi connectivity index (χ2v) is 7.03. The number of carbonyl (C=O) groups excluding carboxylic acids is 2. The van der Waals surface area contributed by atoms with E-state index < -0.39 is 0 Å². The van der Waals surface area contributed by atoms with E-state index in [1.165, 1.54) is 18.4 Å². The van der Waals surface area contributed by atoms with Crippen LogP contribution in [0.5, 0.6) is 0 Å². The molecular weight excluding hydrogens is 316 g/mol. The summed E-state index contributed by atoms with van der Waals surface area (Å²) in [6, 6.07) is 1.95. The Hall–Kier alpha value is -1.60. The maximum absolute atomic E-state index is 12.2. The van der Waals surface area contributed by atoms with Gasteiger partial charge in [-0.15, -0.1) is 11.3 Å². The lowest BCUT2D eigenvalue weighted by Crippen LogP contribution is -2.43. The number of thiophene rings is 1. The van der Waals surface area contributed by atoms with Crippen molar-refractivity contribution in [2.45, 2.75) is 20.3 Å². The molecule has 6 nitrogen and oxygen atoms in total. The van der Waals surface area contributed by atoms with Gasteiger partial charge in [0.2, 0.25) is 5.91 Å². The average molecular weight is 340 g/mol. The van der Waals surface area contributed by atoms with Gasteiger partial charge in [0, 0.05) is 18.0 Å². The molecule has 7 heteroatoms. The Morgan fingerprint density at radius 3 is 2.70 bits per heavy atom. The highest BCUT2D eigenvalue weighted by molar-refractivity contribution is 7.14. The first kappa shape index (κ1) is 17.7. The van der Waals surface area contributed by atoms with Gasteiger partial charge in [-0.3, -0.25) is 4.79 Å². The molecule has 1 fully saturated rings.